The molecule has 0 bridgehead atoms. The number of carbonyl (C=O) groups is 2. The number of imidazole rings is 1. The van der Waals surface area contributed by atoms with E-state index in [9.17, 15) is 9.59 Å². The van der Waals surface area contributed by atoms with Crippen molar-refractivity contribution in [1.82, 2.24) is 14.9 Å². The highest BCUT2D eigenvalue weighted by Crippen LogP contribution is 2.17. The SMILES string of the molecule is NC(=O)COc1ccccc1C(=O)NCCc1nccn1Cc1ccccc1. The van der Waals surface area contributed by atoms with Gasteiger partial charge in [-0.15, -0.1) is 0 Å². The van der Waals surface area contributed by atoms with Crippen LogP contribution in [0.4, 0.5) is 0 Å². The Morgan fingerprint density at radius 3 is 2.61 bits per heavy atom. The van der Waals surface area contributed by atoms with Crippen molar-refractivity contribution in [3.63, 3.8) is 0 Å². The number of nitrogens with two attached hydrogens (primary N) is 1. The van der Waals surface area contributed by atoms with Gasteiger partial charge in [-0.05, 0) is 17.7 Å². The minimum atomic E-state index is -0.597. The summed E-state index contributed by atoms with van der Waals surface area (Å²) >= 11 is 0. The first-order valence-corrected chi connectivity index (χ1v) is 8.96. The number of ether oxygens (including phenoxy) is 1. The van der Waals surface area contributed by atoms with Crippen LogP contribution in [0.2, 0.25) is 0 Å². The number of aromatic nitrogens is 2. The van der Waals surface area contributed by atoms with Crippen molar-refractivity contribution in [2.75, 3.05) is 13.2 Å². The van der Waals surface area contributed by atoms with Crippen molar-refractivity contribution in [1.29, 1.82) is 0 Å². The fraction of sp³-hybridized carbons (Fsp3) is 0.190. The summed E-state index contributed by atoms with van der Waals surface area (Å²) in [4.78, 5) is 27.8. The lowest BCUT2D eigenvalue weighted by Gasteiger charge is -2.11. The lowest BCUT2D eigenvalue weighted by atomic mass is 10.2. The molecule has 0 saturated carbocycles. The van der Waals surface area contributed by atoms with Gasteiger partial charge in [-0.2, -0.15) is 0 Å². The Bertz CT molecular complexity index is 938. The predicted octanol–water partition coefficient (Wildman–Crippen LogP) is 1.77. The molecule has 0 saturated heterocycles. The van der Waals surface area contributed by atoms with E-state index < -0.39 is 5.91 Å². The van der Waals surface area contributed by atoms with E-state index in [1.54, 1.807) is 30.5 Å². The Kier molecular flexibility index (Phi) is 6.41. The smallest absolute Gasteiger partial charge is 0.255 e. The first kappa shape index (κ1) is 19.2. The van der Waals surface area contributed by atoms with E-state index in [4.69, 9.17) is 10.5 Å². The Morgan fingerprint density at radius 1 is 1.07 bits per heavy atom. The molecule has 7 heteroatoms. The van der Waals surface area contributed by atoms with Crippen LogP contribution in [-0.2, 0) is 17.8 Å². The van der Waals surface area contributed by atoms with Crippen molar-refractivity contribution >= 4 is 11.8 Å². The number of para-hydroxylation sites is 1. The average molecular weight is 378 g/mol. The monoisotopic (exact) mass is 378 g/mol. The summed E-state index contributed by atoms with van der Waals surface area (Å²) in [5, 5.41) is 2.87. The van der Waals surface area contributed by atoms with Gasteiger partial charge < -0.3 is 20.4 Å². The van der Waals surface area contributed by atoms with Gasteiger partial charge >= 0.3 is 0 Å². The van der Waals surface area contributed by atoms with E-state index in [2.05, 4.69) is 27.0 Å². The van der Waals surface area contributed by atoms with Crippen molar-refractivity contribution in [3.8, 4) is 5.75 Å². The molecule has 3 rings (SSSR count). The zero-order valence-electron chi connectivity index (χ0n) is 15.4. The van der Waals surface area contributed by atoms with Crippen molar-refractivity contribution < 1.29 is 14.3 Å². The molecule has 2 amide bonds. The Balaban J connectivity index is 1.57. The quantitative estimate of drug-likeness (QED) is 0.593. The number of nitrogens with one attached hydrogen (secondary N) is 1. The minimum absolute atomic E-state index is 0.277. The molecule has 144 valence electrons. The summed E-state index contributed by atoms with van der Waals surface area (Å²) < 4.78 is 7.37. The van der Waals surface area contributed by atoms with Crippen molar-refractivity contribution in [2.24, 2.45) is 5.73 Å². The molecule has 0 aliphatic rings. The summed E-state index contributed by atoms with van der Waals surface area (Å²) in [6.45, 7) is 0.879. The largest absolute Gasteiger partial charge is 0.483 e. The fourth-order valence-electron chi connectivity index (χ4n) is 2.80. The number of primary amides is 1. The molecule has 28 heavy (non-hydrogen) atoms. The molecule has 0 radical (unpaired) electrons. The molecule has 2 aromatic carbocycles. The zero-order chi connectivity index (χ0) is 19.8. The molecule has 1 aromatic heterocycles. The lowest BCUT2D eigenvalue weighted by Crippen LogP contribution is -2.27. The molecule has 3 N–H and O–H groups in total. The third-order valence-electron chi connectivity index (χ3n) is 4.13. The zero-order valence-corrected chi connectivity index (χ0v) is 15.4. The third kappa shape index (κ3) is 5.20. The van der Waals surface area contributed by atoms with Gasteiger partial charge in [0.05, 0.1) is 5.56 Å². The standard InChI is InChI=1S/C21H22N4O3/c22-19(26)15-28-18-9-5-4-8-17(18)21(27)24-11-10-20-23-12-13-25(20)14-16-6-2-1-3-7-16/h1-9,12-13H,10-11,14-15H2,(H2,22,26)(H,24,27). The number of carbonyl (C=O) groups excluding carboxylic acids is 2. The van der Waals surface area contributed by atoms with E-state index >= 15 is 0 Å². The maximum atomic E-state index is 12.5. The van der Waals surface area contributed by atoms with Crippen LogP contribution in [0, 0.1) is 0 Å². The van der Waals surface area contributed by atoms with E-state index in [1.807, 2.05) is 24.4 Å². The first-order valence-electron chi connectivity index (χ1n) is 8.96. The maximum Gasteiger partial charge on any atom is 0.255 e. The molecular weight excluding hydrogens is 356 g/mol. The molecule has 1 heterocycles. The Hall–Kier alpha value is -3.61. The Labute approximate surface area is 163 Å². The summed E-state index contributed by atoms with van der Waals surface area (Å²) in [7, 11) is 0. The fourth-order valence-corrected chi connectivity index (χ4v) is 2.80. The molecular formula is C21H22N4O3. The highest BCUT2D eigenvalue weighted by molar-refractivity contribution is 5.97. The van der Waals surface area contributed by atoms with Crippen LogP contribution in [0.5, 0.6) is 5.75 Å². The predicted molar refractivity (Wildman–Crippen MR) is 105 cm³/mol. The van der Waals surface area contributed by atoms with Gasteiger partial charge in [0.15, 0.2) is 6.61 Å². The van der Waals surface area contributed by atoms with E-state index in [0.717, 1.165) is 12.4 Å². The topological polar surface area (TPSA) is 99.2 Å². The van der Waals surface area contributed by atoms with Gasteiger partial charge in [-0.1, -0.05) is 42.5 Å². The van der Waals surface area contributed by atoms with Gasteiger partial charge in [0.2, 0.25) is 0 Å². The van der Waals surface area contributed by atoms with Crippen LogP contribution >= 0.6 is 0 Å². The second-order valence-electron chi connectivity index (χ2n) is 6.21. The highest BCUT2D eigenvalue weighted by Gasteiger charge is 2.13. The molecule has 3 aromatic rings. The van der Waals surface area contributed by atoms with Crippen molar-refractivity contribution in [2.45, 2.75) is 13.0 Å². The van der Waals surface area contributed by atoms with Gasteiger partial charge in [0.25, 0.3) is 11.8 Å². The van der Waals surface area contributed by atoms with Gasteiger partial charge in [-0.3, -0.25) is 9.59 Å². The molecule has 0 spiro atoms. The van der Waals surface area contributed by atoms with Crippen LogP contribution in [-0.4, -0.2) is 34.5 Å². The average Bonchev–Trinajstić information content (AvgIpc) is 3.14. The van der Waals surface area contributed by atoms with Gasteiger partial charge in [0, 0.05) is 31.9 Å². The number of benzene rings is 2. The van der Waals surface area contributed by atoms with E-state index in [1.165, 1.54) is 5.56 Å². The lowest BCUT2D eigenvalue weighted by molar-refractivity contribution is -0.119. The highest BCUT2D eigenvalue weighted by atomic mass is 16.5. The number of rotatable bonds is 9. The van der Waals surface area contributed by atoms with Crippen LogP contribution < -0.4 is 15.8 Å². The molecule has 0 atom stereocenters. The summed E-state index contributed by atoms with van der Waals surface area (Å²) in [6.07, 6.45) is 4.28. The maximum absolute atomic E-state index is 12.5. The third-order valence-corrected chi connectivity index (χ3v) is 4.13. The molecule has 0 aliphatic heterocycles. The molecule has 0 aliphatic carbocycles. The van der Waals surface area contributed by atoms with Gasteiger partial charge in [0.1, 0.15) is 11.6 Å². The number of hydrogen-bond donors (Lipinski definition) is 2. The number of nitrogens with zero attached hydrogens (tertiary/aromatic N) is 2. The van der Waals surface area contributed by atoms with E-state index in [0.29, 0.717) is 24.3 Å². The molecule has 0 fully saturated rings. The Morgan fingerprint density at radius 2 is 1.82 bits per heavy atom. The summed E-state index contributed by atoms with van der Waals surface area (Å²) in [6, 6.07) is 16.9. The van der Waals surface area contributed by atoms with Crippen molar-refractivity contribution in [3.05, 3.63) is 83.9 Å². The van der Waals surface area contributed by atoms with E-state index in [-0.39, 0.29) is 12.5 Å². The van der Waals surface area contributed by atoms with Crippen LogP contribution in [0.25, 0.3) is 0 Å². The van der Waals surface area contributed by atoms with Crippen LogP contribution in [0.1, 0.15) is 21.7 Å². The minimum Gasteiger partial charge on any atom is -0.483 e. The number of amides is 2. The first-order chi connectivity index (χ1) is 13.6. The van der Waals surface area contributed by atoms with Gasteiger partial charge in [-0.25, -0.2) is 4.98 Å². The summed E-state index contributed by atoms with van der Waals surface area (Å²) in [5.74, 6) is 0.341. The van der Waals surface area contributed by atoms with Crippen LogP contribution in [0.3, 0.4) is 0 Å². The number of hydrogen-bond acceptors (Lipinski definition) is 4. The normalized spacial score (nSPS) is 10.4. The second-order valence-corrected chi connectivity index (χ2v) is 6.21. The molecule has 0 unspecified atom stereocenters. The molecule has 7 nitrogen and oxygen atoms in total. The van der Waals surface area contributed by atoms with Crippen LogP contribution in [0.15, 0.2) is 67.0 Å². The second kappa shape index (κ2) is 9.36. The summed E-state index contributed by atoms with van der Waals surface area (Å²) in [5.41, 5.74) is 6.64.